The van der Waals surface area contributed by atoms with Crippen molar-refractivity contribution in [2.24, 2.45) is 0 Å². The number of hydrogen-bond acceptors (Lipinski definition) is 5. The first kappa shape index (κ1) is 26.1. The smallest absolute Gasteiger partial charge is 0.253 e. The molecule has 0 aliphatic rings. The minimum absolute atomic E-state index is 0.113. The Bertz CT molecular complexity index is 1230. The maximum Gasteiger partial charge on any atom is 0.253 e. The van der Waals surface area contributed by atoms with Gasteiger partial charge in [-0.2, -0.15) is 0 Å². The van der Waals surface area contributed by atoms with E-state index in [0.29, 0.717) is 38.8 Å². The summed E-state index contributed by atoms with van der Waals surface area (Å²) in [5.41, 5.74) is 1.85. The van der Waals surface area contributed by atoms with Crippen molar-refractivity contribution in [3.63, 3.8) is 0 Å². The molecule has 0 unspecified atom stereocenters. The van der Waals surface area contributed by atoms with E-state index in [4.69, 9.17) is 34.8 Å². The Kier molecular flexibility index (Phi) is 9.02. The molecule has 1 heterocycles. The number of nitrogens with zero attached hydrogens (tertiary/aromatic N) is 3. The van der Waals surface area contributed by atoms with Gasteiger partial charge in [0.05, 0.1) is 22.4 Å². The SMILES string of the molecule is C=CCn1c(SCC(=O)Nc2ccc(C)c(Cl)c2)nnc1[C@H](C)NC(=O)c1ccc(Cl)cc1Cl. The first-order valence-corrected chi connectivity index (χ1v) is 12.3. The van der Waals surface area contributed by atoms with Crippen LogP contribution in [0, 0.1) is 6.92 Å². The largest absolute Gasteiger partial charge is 0.342 e. The van der Waals surface area contributed by atoms with Crippen molar-refractivity contribution in [1.82, 2.24) is 20.1 Å². The van der Waals surface area contributed by atoms with E-state index in [0.717, 1.165) is 5.56 Å². The topological polar surface area (TPSA) is 88.9 Å². The van der Waals surface area contributed by atoms with Crippen LogP contribution in [-0.2, 0) is 11.3 Å². The van der Waals surface area contributed by atoms with E-state index in [1.807, 2.05) is 13.0 Å². The molecule has 0 saturated heterocycles. The molecular formula is C23H22Cl3N5O2S. The van der Waals surface area contributed by atoms with E-state index in [-0.39, 0.29) is 22.6 Å². The normalized spacial score (nSPS) is 11.7. The van der Waals surface area contributed by atoms with Crippen LogP contribution in [0.4, 0.5) is 5.69 Å². The number of carbonyl (C=O) groups is 2. The van der Waals surface area contributed by atoms with Gasteiger partial charge in [-0.1, -0.05) is 58.7 Å². The highest BCUT2D eigenvalue weighted by atomic mass is 35.5. The Morgan fingerprint density at radius 2 is 1.91 bits per heavy atom. The first-order chi connectivity index (χ1) is 16.2. The molecule has 0 bridgehead atoms. The number of anilines is 1. The zero-order chi connectivity index (χ0) is 24.8. The number of carbonyl (C=O) groups excluding carboxylic acids is 2. The number of thioether (sulfide) groups is 1. The highest BCUT2D eigenvalue weighted by molar-refractivity contribution is 7.99. The molecule has 2 amide bonds. The summed E-state index contributed by atoms with van der Waals surface area (Å²) < 4.78 is 1.79. The van der Waals surface area contributed by atoms with Crippen LogP contribution in [0.15, 0.2) is 54.2 Å². The van der Waals surface area contributed by atoms with Crippen molar-refractivity contribution in [3.8, 4) is 0 Å². The van der Waals surface area contributed by atoms with Crippen LogP contribution in [0.2, 0.25) is 15.1 Å². The van der Waals surface area contributed by atoms with Gasteiger partial charge in [-0.25, -0.2) is 0 Å². The number of rotatable bonds is 9. The second-order valence-electron chi connectivity index (χ2n) is 7.36. The van der Waals surface area contributed by atoms with Gasteiger partial charge in [0.1, 0.15) is 0 Å². The molecule has 178 valence electrons. The quantitative estimate of drug-likeness (QED) is 0.259. The van der Waals surface area contributed by atoms with Crippen molar-refractivity contribution in [3.05, 3.63) is 81.1 Å². The molecule has 2 N–H and O–H groups in total. The fourth-order valence-electron chi connectivity index (χ4n) is 3.04. The van der Waals surface area contributed by atoms with Gasteiger partial charge in [0, 0.05) is 22.3 Å². The fourth-order valence-corrected chi connectivity index (χ4v) is 4.47. The molecule has 3 aromatic rings. The van der Waals surface area contributed by atoms with Crippen molar-refractivity contribution < 1.29 is 9.59 Å². The third-order valence-electron chi connectivity index (χ3n) is 4.76. The van der Waals surface area contributed by atoms with Gasteiger partial charge in [0.2, 0.25) is 5.91 Å². The Balaban J connectivity index is 1.68. The number of benzene rings is 2. The third-order valence-corrected chi connectivity index (χ3v) is 6.68. The van der Waals surface area contributed by atoms with Crippen LogP contribution < -0.4 is 10.6 Å². The number of halogens is 3. The summed E-state index contributed by atoms with van der Waals surface area (Å²) in [6.07, 6.45) is 1.69. The Hall–Kier alpha value is -2.52. The number of aromatic nitrogens is 3. The van der Waals surface area contributed by atoms with Gasteiger partial charge in [0.25, 0.3) is 5.91 Å². The van der Waals surface area contributed by atoms with Crippen LogP contribution in [0.1, 0.15) is 34.7 Å². The molecule has 0 aliphatic heterocycles. The molecular weight excluding hydrogens is 517 g/mol. The van der Waals surface area contributed by atoms with Crippen LogP contribution in [0.3, 0.4) is 0 Å². The lowest BCUT2D eigenvalue weighted by atomic mass is 10.2. The van der Waals surface area contributed by atoms with Gasteiger partial charge in [-0.05, 0) is 49.7 Å². The summed E-state index contributed by atoms with van der Waals surface area (Å²) in [5.74, 6) is 0.0552. The molecule has 0 radical (unpaired) electrons. The summed E-state index contributed by atoms with van der Waals surface area (Å²) in [5, 5.41) is 15.9. The van der Waals surface area contributed by atoms with E-state index in [1.54, 1.807) is 41.8 Å². The number of allylic oxidation sites excluding steroid dienone is 1. The lowest BCUT2D eigenvalue weighted by molar-refractivity contribution is -0.113. The lowest BCUT2D eigenvalue weighted by Gasteiger charge is -2.16. The molecule has 0 saturated carbocycles. The molecule has 0 aliphatic carbocycles. The highest BCUT2D eigenvalue weighted by Gasteiger charge is 2.21. The molecule has 1 aromatic heterocycles. The average Bonchev–Trinajstić information content (AvgIpc) is 3.17. The third kappa shape index (κ3) is 6.54. The molecule has 3 rings (SSSR count). The van der Waals surface area contributed by atoms with Crippen LogP contribution in [0.25, 0.3) is 0 Å². The maximum absolute atomic E-state index is 12.7. The first-order valence-electron chi connectivity index (χ1n) is 10.2. The van der Waals surface area contributed by atoms with Crippen molar-refractivity contribution in [1.29, 1.82) is 0 Å². The lowest BCUT2D eigenvalue weighted by Crippen LogP contribution is -2.29. The van der Waals surface area contributed by atoms with E-state index in [1.165, 1.54) is 17.8 Å². The summed E-state index contributed by atoms with van der Waals surface area (Å²) in [6, 6.07) is 9.51. The Morgan fingerprint density at radius 3 is 2.59 bits per heavy atom. The fraction of sp³-hybridized carbons (Fsp3) is 0.217. The van der Waals surface area contributed by atoms with E-state index in [9.17, 15) is 9.59 Å². The molecule has 11 heteroatoms. The second-order valence-corrected chi connectivity index (χ2v) is 9.55. The van der Waals surface area contributed by atoms with Gasteiger partial charge >= 0.3 is 0 Å². The van der Waals surface area contributed by atoms with Crippen molar-refractivity contribution >= 4 is 64.1 Å². The van der Waals surface area contributed by atoms with Crippen LogP contribution in [-0.4, -0.2) is 32.3 Å². The summed E-state index contributed by atoms with van der Waals surface area (Å²) in [6.45, 7) is 7.86. The van der Waals surface area contributed by atoms with E-state index in [2.05, 4.69) is 27.4 Å². The standard InChI is InChI=1S/C23H22Cl3N5O2S/c1-4-9-31-21(14(3)27-22(33)17-8-6-15(24)10-19(17)26)29-30-23(31)34-12-20(32)28-16-7-5-13(2)18(25)11-16/h4-8,10-11,14H,1,9,12H2,2-3H3,(H,27,33)(H,28,32)/t14-/m0/s1. The molecule has 0 spiro atoms. The zero-order valence-corrected chi connectivity index (χ0v) is 21.5. The average molecular weight is 539 g/mol. The monoisotopic (exact) mass is 537 g/mol. The van der Waals surface area contributed by atoms with Gasteiger partial charge in [0.15, 0.2) is 11.0 Å². The summed E-state index contributed by atoms with van der Waals surface area (Å²) in [7, 11) is 0. The predicted molar refractivity (Wildman–Crippen MR) is 138 cm³/mol. The Labute approximate surface area is 216 Å². The van der Waals surface area contributed by atoms with Gasteiger partial charge in [-0.15, -0.1) is 16.8 Å². The molecule has 7 nitrogen and oxygen atoms in total. The minimum Gasteiger partial charge on any atom is -0.342 e. The molecule has 1 atom stereocenters. The summed E-state index contributed by atoms with van der Waals surface area (Å²) >= 11 is 19.4. The van der Waals surface area contributed by atoms with E-state index >= 15 is 0 Å². The Morgan fingerprint density at radius 1 is 1.15 bits per heavy atom. The van der Waals surface area contributed by atoms with Crippen molar-refractivity contribution in [2.45, 2.75) is 31.6 Å². The van der Waals surface area contributed by atoms with Gasteiger partial charge in [-0.3, -0.25) is 9.59 Å². The number of aryl methyl sites for hydroxylation is 1. The predicted octanol–water partition coefficient (Wildman–Crippen LogP) is 5.95. The van der Waals surface area contributed by atoms with Crippen molar-refractivity contribution in [2.75, 3.05) is 11.1 Å². The summed E-state index contributed by atoms with van der Waals surface area (Å²) in [4.78, 5) is 25.1. The van der Waals surface area contributed by atoms with Crippen LogP contribution >= 0.6 is 46.6 Å². The molecule has 34 heavy (non-hydrogen) atoms. The van der Waals surface area contributed by atoms with Crippen LogP contribution in [0.5, 0.6) is 0 Å². The molecule has 0 fully saturated rings. The number of hydrogen-bond donors (Lipinski definition) is 2. The highest BCUT2D eigenvalue weighted by Crippen LogP contribution is 2.24. The van der Waals surface area contributed by atoms with E-state index < -0.39 is 6.04 Å². The minimum atomic E-state index is -0.482. The zero-order valence-electron chi connectivity index (χ0n) is 18.4. The van der Waals surface area contributed by atoms with Gasteiger partial charge < -0.3 is 15.2 Å². The maximum atomic E-state index is 12.7. The molecule has 2 aromatic carbocycles. The number of amides is 2. The second kappa shape index (κ2) is 11.8. The number of nitrogens with one attached hydrogen (secondary N) is 2.